The first-order chi connectivity index (χ1) is 11.2. The lowest BCUT2D eigenvalue weighted by Gasteiger charge is -2.01. The van der Waals surface area contributed by atoms with Gasteiger partial charge in [0.05, 0.1) is 19.0 Å². The maximum atomic E-state index is 11.6. The molecule has 0 fully saturated rings. The maximum Gasteiger partial charge on any atom is 0.287 e. The first-order valence-electron chi connectivity index (χ1n) is 6.94. The fraction of sp³-hybridized carbons (Fsp3) is 0.0625. The van der Waals surface area contributed by atoms with Crippen LogP contribution in [0, 0.1) is 0 Å². The minimum Gasteiger partial charge on any atom is -0.459 e. The highest BCUT2D eigenvalue weighted by molar-refractivity contribution is 5.99. The smallest absolute Gasteiger partial charge is 0.287 e. The molecule has 0 aliphatic carbocycles. The van der Waals surface area contributed by atoms with Gasteiger partial charge in [-0.3, -0.25) is 9.59 Å². The molecule has 3 N–H and O–H groups in total. The van der Waals surface area contributed by atoms with Crippen LogP contribution in [0.2, 0.25) is 0 Å². The van der Waals surface area contributed by atoms with Gasteiger partial charge in [-0.05, 0) is 18.2 Å². The molecule has 7 heteroatoms. The average Bonchev–Trinajstić information content (AvgIpc) is 3.23. The Morgan fingerprint density at radius 1 is 1.22 bits per heavy atom. The molecule has 2 amide bonds. The monoisotopic (exact) mass is 310 g/mol. The number of benzene rings is 1. The lowest BCUT2D eigenvalue weighted by molar-refractivity contribution is -0.120. The molecule has 0 bridgehead atoms. The molecule has 0 radical (unpaired) electrons. The number of hydrogen-bond donors (Lipinski definition) is 3. The van der Waals surface area contributed by atoms with Crippen LogP contribution < -0.4 is 10.7 Å². The second-order valence-corrected chi connectivity index (χ2v) is 4.74. The molecular weight excluding hydrogens is 296 g/mol. The summed E-state index contributed by atoms with van der Waals surface area (Å²) in [5.41, 5.74) is 4.21. The molecule has 0 spiro atoms. The number of aromatic amines is 1. The van der Waals surface area contributed by atoms with Crippen LogP contribution in [0.5, 0.6) is 0 Å². The Kier molecular flexibility index (Phi) is 4.19. The Hall–Kier alpha value is -3.35. The van der Waals surface area contributed by atoms with Crippen LogP contribution in [-0.4, -0.2) is 29.6 Å². The van der Waals surface area contributed by atoms with Gasteiger partial charge in [0.15, 0.2) is 5.76 Å². The van der Waals surface area contributed by atoms with Gasteiger partial charge in [-0.2, -0.15) is 5.10 Å². The minimum absolute atomic E-state index is 0.153. The molecule has 0 atom stereocenters. The van der Waals surface area contributed by atoms with Crippen molar-refractivity contribution in [3.8, 4) is 0 Å². The van der Waals surface area contributed by atoms with Crippen molar-refractivity contribution in [2.24, 2.45) is 5.10 Å². The molecule has 0 unspecified atom stereocenters. The third-order valence-corrected chi connectivity index (χ3v) is 3.17. The number of rotatable bonds is 5. The van der Waals surface area contributed by atoms with Crippen molar-refractivity contribution in [3.63, 3.8) is 0 Å². The van der Waals surface area contributed by atoms with Crippen LogP contribution in [-0.2, 0) is 4.79 Å². The van der Waals surface area contributed by atoms with Gasteiger partial charge in [0, 0.05) is 22.7 Å². The minimum atomic E-state index is -0.453. The van der Waals surface area contributed by atoms with E-state index in [1.807, 2.05) is 24.3 Å². The summed E-state index contributed by atoms with van der Waals surface area (Å²) in [6.07, 6.45) is 4.74. The second kappa shape index (κ2) is 6.61. The highest BCUT2D eigenvalue weighted by Crippen LogP contribution is 2.15. The zero-order valence-electron chi connectivity index (χ0n) is 12.1. The van der Waals surface area contributed by atoms with E-state index in [2.05, 4.69) is 20.8 Å². The van der Waals surface area contributed by atoms with Gasteiger partial charge in [-0.15, -0.1) is 0 Å². The number of fused-ring (bicyclic) bond motifs is 1. The first-order valence-corrected chi connectivity index (χ1v) is 6.94. The van der Waals surface area contributed by atoms with Crippen molar-refractivity contribution in [2.75, 3.05) is 6.54 Å². The average molecular weight is 310 g/mol. The SMILES string of the molecule is O=C(CNC(=O)c1ccco1)NN=Cc1c[nH]c2ccccc12. The highest BCUT2D eigenvalue weighted by atomic mass is 16.3. The van der Waals surface area contributed by atoms with Crippen molar-refractivity contribution in [2.45, 2.75) is 0 Å². The largest absolute Gasteiger partial charge is 0.459 e. The van der Waals surface area contributed by atoms with E-state index >= 15 is 0 Å². The summed E-state index contributed by atoms with van der Waals surface area (Å²) in [4.78, 5) is 26.3. The van der Waals surface area contributed by atoms with Crippen molar-refractivity contribution in [3.05, 3.63) is 60.2 Å². The van der Waals surface area contributed by atoms with Crippen LogP contribution in [0.4, 0.5) is 0 Å². The fourth-order valence-electron chi connectivity index (χ4n) is 2.07. The molecule has 0 aliphatic rings. The number of nitrogens with one attached hydrogen (secondary N) is 3. The Morgan fingerprint density at radius 3 is 2.91 bits per heavy atom. The second-order valence-electron chi connectivity index (χ2n) is 4.74. The number of carbonyl (C=O) groups excluding carboxylic acids is 2. The van der Waals surface area contributed by atoms with Gasteiger partial charge in [0.25, 0.3) is 11.8 Å². The van der Waals surface area contributed by atoms with Gasteiger partial charge in [0.1, 0.15) is 0 Å². The molecule has 2 heterocycles. The van der Waals surface area contributed by atoms with E-state index in [0.29, 0.717) is 0 Å². The van der Waals surface area contributed by atoms with Crippen LogP contribution in [0.3, 0.4) is 0 Å². The number of hydrogen-bond acceptors (Lipinski definition) is 4. The summed E-state index contributed by atoms with van der Waals surface area (Å²) in [7, 11) is 0. The van der Waals surface area contributed by atoms with E-state index in [4.69, 9.17) is 4.42 Å². The maximum absolute atomic E-state index is 11.6. The number of para-hydroxylation sites is 1. The molecule has 3 aromatic rings. The van der Waals surface area contributed by atoms with Gasteiger partial charge in [0.2, 0.25) is 0 Å². The van der Waals surface area contributed by atoms with Crippen LogP contribution in [0.1, 0.15) is 16.1 Å². The molecule has 2 aromatic heterocycles. The van der Waals surface area contributed by atoms with Crippen LogP contribution in [0.15, 0.2) is 58.4 Å². The van der Waals surface area contributed by atoms with E-state index in [0.717, 1.165) is 16.5 Å². The van der Waals surface area contributed by atoms with E-state index in [9.17, 15) is 9.59 Å². The van der Waals surface area contributed by atoms with Gasteiger partial charge in [-0.1, -0.05) is 18.2 Å². The van der Waals surface area contributed by atoms with E-state index < -0.39 is 11.8 Å². The van der Waals surface area contributed by atoms with Crippen molar-refractivity contribution in [1.82, 2.24) is 15.7 Å². The number of furan rings is 1. The Balaban J connectivity index is 1.51. The molecule has 1 aromatic carbocycles. The third kappa shape index (κ3) is 3.46. The number of aromatic nitrogens is 1. The van der Waals surface area contributed by atoms with Gasteiger partial charge >= 0.3 is 0 Å². The molecule has 7 nitrogen and oxygen atoms in total. The normalized spacial score (nSPS) is 11.0. The molecule has 23 heavy (non-hydrogen) atoms. The number of carbonyl (C=O) groups is 2. The number of amides is 2. The number of nitrogens with zero attached hydrogens (tertiary/aromatic N) is 1. The lowest BCUT2D eigenvalue weighted by atomic mass is 10.2. The topological polar surface area (TPSA) is 99.5 Å². The van der Waals surface area contributed by atoms with E-state index in [-0.39, 0.29) is 12.3 Å². The lowest BCUT2D eigenvalue weighted by Crippen LogP contribution is -2.34. The Bertz CT molecular complexity index is 849. The number of hydrazone groups is 1. The van der Waals surface area contributed by atoms with E-state index in [1.54, 1.807) is 18.5 Å². The van der Waals surface area contributed by atoms with E-state index in [1.165, 1.54) is 12.3 Å². The zero-order valence-corrected chi connectivity index (χ0v) is 12.1. The summed E-state index contributed by atoms with van der Waals surface area (Å²) < 4.78 is 4.92. The fourth-order valence-corrected chi connectivity index (χ4v) is 2.07. The highest BCUT2D eigenvalue weighted by Gasteiger charge is 2.09. The molecule has 0 saturated heterocycles. The molecule has 0 saturated carbocycles. The first kappa shape index (κ1) is 14.6. The summed E-state index contributed by atoms with van der Waals surface area (Å²) >= 11 is 0. The predicted octanol–water partition coefficient (Wildman–Crippen LogP) is 1.64. The molecule has 0 aliphatic heterocycles. The Labute approximate surface area is 131 Å². The van der Waals surface area contributed by atoms with Gasteiger partial charge in [-0.25, -0.2) is 5.43 Å². The third-order valence-electron chi connectivity index (χ3n) is 3.17. The van der Waals surface area contributed by atoms with Crippen molar-refractivity contribution in [1.29, 1.82) is 0 Å². The molecule has 116 valence electrons. The van der Waals surface area contributed by atoms with Crippen LogP contribution in [0.25, 0.3) is 10.9 Å². The summed E-state index contributed by atoms with van der Waals surface area (Å²) in [5, 5.41) is 7.33. The molecular formula is C16H14N4O3. The Morgan fingerprint density at radius 2 is 2.09 bits per heavy atom. The van der Waals surface area contributed by atoms with Crippen LogP contribution >= 0.6 is 0 Å². The summed E-state index contributed by atoms with van der Waals surface area (Å²) in [5.74, 6) is -0.730. The van der Waals surface area contributed by atoms with Crippen molar-refractivity contribution >= 4 is 28.9 Å². The predicted molar refractivity (Wildman–Crippen MR) is 85.1 cm³/mol. The van der Waals surface area contributed by atoms with Gasteiger partial charge < -0.3 is 14.7 Å². The summed E-state index contributed by atoms with van der Waals surface area (Å²) in [6.45, 7) is -0.190. The summed E-state index contributed by atoms with van der Waals surface area (Å²) in [6, 6.07) is 10.9. The van der Waals surface area contributed by atoms with Crippen molar-refractivity contribution < 1.29 is 14.0 Å². The molecule has 3 rings (SSSR count). The zero-order chi connectivity index (χ0) is 16.1. The number of H-pyrrole nitrogens is 1. The quantitative estimate of drug-likeness (QED) is 0.493. The standard InChI is InChI=1S/C16H14N4O3/c21-15(10-18-16(22)14-6-3-7-23-14)20-19-9-11-8-17-13-5-2-1-4-12(11)13/h1-9,17H,10H2,(H,18,22)(H,20,21).